The Bertz CT molecular complexity index is 1060. The van der Waals surface area contributed by atoms with Crippen LogP contribution in [0.15, 0.2) is 78.9 Å². The zero-order valence-electron chi connectivity index (χ0n) is 18.4. The van der Waals surface area contributed by atoms with Crippen LogP contribution in [0.5, 0.6) is 5.75 Å². The van der Waals surface area contributed by atoms with E-state index in [1.807, 2.05) is 30.3 Å². The number of likely N-dealkylation sites (tertiary alicyclic amines) is 1. The van der Waals surface area contributed by atoms with Gasteiger partial charge in [-0.1, -0.05) is 54.1 Å². The van der Waals surface area contributed by atoms with E-state index in [1.165, 1.54) is 5.56 Å². The van der Waals surface area contributed by atoms with Gasteiger partial charge in [-0.2, -0.15) is 0 Å². The Morgan fingerprint density at radius 3 is 2.18 bits per heavy atom. The van der Waals surface area contributed by atoms with Crippen LogP contribution in [0, 0.1) is 0 Å². The number of benzene rings is 3. The molecule has 0 saturated carbocycles. The smallest absolute Gasteiger partial charge is 0.258 e. The molecule has 1 heterocycles. The number of carbonyl (C=O) groups is 2. The molecule has 0 unspecified atom stereocenters. The number of amides is 1. The molecule has 3 aromatic rings. The van der Waals surface area contributed by atoms with Crippen LogP contribution in [0.25, 0.3) is 0 Å². The van der Waals surface area contributed by atoms with E-state index < -0.39 is 0 Å². The van der Waals surface area contributed by atoms with Crippen molar-refractivity contribution in [3.63, 3.8) is 0 Å². The Hall–Kier alpha value is -3.15. The lowest BCUT2D eigenvalue weighted by molar-refractivity contribution is -0.124. The highest BCUT2D eigenvalue weighted by atomic mass is 35.5. The predicted molar refractivity (Wildman–Crippen MR) is 130 cm³/mol. The standard InChI is InChI=1S/C27H27ClN2O3/c28-23-10-6-20(7-11-23)18-30-16-14-24(15-17-30)29-26(31)19-33-25-12-8-22(9-13-25)27(32)21-4-2-1-3-5-21/h1-13,24H,14-19H2,(H,29,31). The van der Waals surface area contributed by atoms with Gasteiger partial charge in [-0.05, 0) is 54.8 Å². The minimum atomic E-state index is -0.129. The second-order valence-electron chi connectivity index (χ2n) is 8.25. The highest BCUT2D eigenvalue weighted by molar-refractivity contribution is 6.30. The zero-order valence-corrected chi connectivity index (χ0v) is 19.1. The lowest BCUT2D eigenvalue weighted by Crippen LogP contribution is -2.45. The molecule has 1 amide bonds. The van der Waals surface area contributed by atoms with Crippen molar-refractivity contribution in [3.05, 3.63) is 101 Å². The first-order valence-corrected chi connectivity index (χ1v) is 11.5. The quantitative estimate of drug-likeness (QED) is 0.492. The maximum atomic E-state index is 12.5. The van der Waals surface area contributed by atoms with Gasteiger partial charge in [0, 0.05) is 41.8 Å². The molecule has 33 heavy (non-hydrogen) atoms. The van der Waals surface area contributed by atoms with E-state index in [0.717, 1.165) is 37.5 Å². The highest BCUT2D eigenvalue weighted by Crippen LogP contribution is 2.17. The molecular weight excluding hydrogens is 436 g/mol. The maximum absolute atomic E-state index is 12.5. The van der Waals surface area contributed by atoms with Gasteiger partial charge < -0.3 is 10.1 Å². The molecule has 0 atom stereocenters. The number of piperidine rings is 1. The first-order chi connectivity index (χ1) is 16.1. The van der Waals surface area contributed by atoms with Gasteiger partial charge in [0.05, 0.1) is 0 Å². The number of hydrogen-bond acceptors (Lipinski definition) is 4. The van der Waals surface area contributed by atoms with Gasteiger partial charge in [-0.15, -0.1) is 0 Å². The maximum Gasteiger partial charge on any atom is 0.258 e. The van der Waals surface area contributed by atoms with Crippen molar-refractivity contribution in [1.82, 2.24) is 10.2 Å². The topological polar surface area (TPSA) is 58.6 Å². The van der Waals surface area contributed by atoms with E-state index in [4.69, 9.17) is 16.3 Å². The van der Waals surface area contributed by atoms with Crippen molar-refractivity contribution in [2.75, 3.05) is 19.7 Å². The van der Waals surface area contributed by atoms with Crippen molar-refractivity contribution in [3.8, 4) is 5.75 Å². The Kier molecular flexibility index (Phi) is 7.76. The van der Waals surface area contributed by atoms with Gasteiger partial charge >= 0.3 is 0 Å². The van der Waals surface area contributed by atoms with Gasteiger partial charge in [0.2, 0.25) is 0 Å². The van der Waals surface area contributed by atoms with Crippen LogP contribution >= 0.6 is 11.6 Å². The number of ketones is 1. The Morgan fingerprint density at radius 1 is 0.879 bits per heavy atom. The van der Waals surface area contributed by atoms with Gasteiger partial charge in [0.25, 0.3) is 5.91 Å². The third-order valence-corrected chi connectivity index (χ3v) is 6.05. The SMILES string of the molecule is O=C(COc1ccc(C(=O)c2ccccc2)cc1)NC1CCN(Cc2ccc(Cl)cc2)CC1. The molecule has 5 nitrogen and oxygen atoms in total. The predicted octanol–water partition coefficient (Wildman–Crippen LogP) is 4.73. The fraction of sp³-hybridized carbons (Fsp3) is 0.259. The summed E-state index contributed by atoms with van der Waals surface area (Å²) in [6.07, 6.45) is 1.82. The number of ether oxygens (including phenoxy) is 1. The second-order valence-corrected chi connectivity index (χ2v) is 8.69. The molecule has 0 spiro atoms. The number of hydrogen-bond donors (Lipinski definition) is 1. The molecule has 0 bridgehead atoms. The molecule has 3 aromatic carbocycles. The largest absolute Gasteiger partial charge is 0.484 e. The lowest BCUT2D eigenvalue weighted by atomic mass is 10.0. The normalized spacial score (nSPS) is 14.6. The van der Waals surface area contributed by atoms with E-state index in [1.54, 1.807) is 36.4 Å². The van der Waals surface area contributed by atoms with E-state index in [2.05, 4.69) is 22.3 Å². The molecule has 1 fully saturated rings. The number of nitrogens with one attached hydrogen (secondary N) is 1. The van der Waals surface area contributed by atoms with Crippen LogP contribution < -0.4 is 10.1 Å². The van der Waals surface area contributed by atoms with Gasteiger partial charge in [-0.3, -0.25) is 14.5 Å². The summed E-state index contributed by atoms with van der Waals surface area (Å²) in [7, 11) is 0. The minimum absolute atomic E-state index is 0.0395. The highest BCUT2D eigenvalue weighted by Gasteiger charge is 2.21. The van der Waals surface area contributed by atoms with Crippen LogP contribution in [0.2, 0.25) is 5.02 Å². The molecule has 1 aliphatic rings. The lowest BCUT2D eigenvalue weighted by Gasteiger charge is -2.32. The molecular formula is C27H27ClN2O3. The average molecular weight is 463 g/mol. The Labute approximate surface area is 199 Å². The van der Waals surface area contributed by atoms with Crippen molar-refractivity contribution >= 4 is 23.3 Å². The first-order valence-electron chi connectivity index (χ1n) is 11.2. The summed E-state index contributed by atoms with van der Waals surface area (Å²) in [5.74, 6) is 0.394. The van der Waals surface area contributed by atoms with Gasteiger partial charge in [0.15, 0.2) is 12.4 Å². The Balaban J connectivity index is 1.18. The summed E-state index contributed by atoms with van der Waals surface area (Å²) < 4.78 is 5.62. The zero-order chi connectivity index (χ0) is 23.0. The van der Waals surface area contributed by atoms with Crippen LogP contribution in [0.3, 0.4) is 0 Å². The molecule has 4 rings (SSSR count). The van der Waals surface area contributed by atoms with Crippen LogP contribution in [0.4, 0.5) is 0 Å². The molecule has 0 aliphatic carbocycles. The third-order valence-electron chi connectivity index (χ3n) is 5.79. The van der Waals surface area contributed by atoms with E-state index in [0.29, 0.717) is 16.9 Å². The second kappa shape index (κ2) is 11.1. The van der Waals surface area contributed by atoms with E-state index in [9.17, 15) is 9.59 Å². The van der Waals surface area contributed by atoms with Gasteiger partial charge in [0.1, 0.15) is 5.75 Å². The monoisotopic (exact) mass is 462 g/mol. The summed E-state index contributed by atoms with van der Waals surface area (Å²) in [4.78, 5) is 27.2. The summed E-state index contributed by atoms with van der Waals surface area (Å²) >= 11 is 5.95. The van der Waals surface area contributed by atoms with Crippen molar-refractivity contribution in [1.29, 1.82) is 0 Å². The average Bonchev–Trinajstić information content (AvgIpc) is 2.86. The summed E-state index contributed by atoms with van der Waals surface area (Å²) in [6, 6.07) is 24.1. The number of halogens is 1. The molecule has 1 saturated heterocycles. The van der Waals surface area contributed by atoms with Gasteiger partial charge in [-0.25, -0.2) is 0 Å². The summed E-state index contributed by atoms with van der Waals surface area (Å²) in [5.41, 5.74) is 2.47. The molecule has 6 heteroatoms. The molecule has 1 aliphatic heterocycles. The van der Waals surface area contributed by atoms with Crippen molar-refractivity contribution in [2.45, 2.75) is 25.4 Å². The number of rotatable bonds is 8. The fourth-order valence-electron chi connectivity index (χ4n) is 3.96. The molecule has 1 N–H and O–H groups in total. The molecule has 0 radical (unpaired) electrons. The van der Waals surface area contributed by atoms with Crippen molar-refractivity contribution < 1.29 is 14.3 Å². The Morgan fingerprint density at radius 2 is 1.52 bits per heavy atom. The number of nitrogens with zero attached hydrogens (tertiary/aromatic N) is 1. The van der Waals surface area contributed by atoms with Crippen LogP contribution in [-0.4, -0.2) is 42.3 Å². The molecule has 170 valence electrons. The number of carbonyl (C=O) groups excluding carboxylic acids is 2. The minimum Gasteiger partial charge on any atom is -0.484 e. The van der Waals surface area contributed by atoms with Crippen molar-refractivity contribution in [2.24, 2.45) is 0 Å². The van der Waals surface area contributed by atoms with E-state index >= 15 is 0 Å². The summed E-state index contributed by atoms with van der Waals surface area (Å²) in [6.45, 7) is 2.72. The fourth-order valence-corrected chi connectivity index (χ4v) is 4.09. The third kappa shape index (κ3) is 6.67. The summed E-state index contributed by atoms with van der Waals surface area (Å²) in [5, 5.41) is 3.82. The first kappa shape index (κ1) is 23.0. The molecule has 0 aromatic heterocycles. The van der Waals surface area contributed by atoms with Crippen LogP contribution in [0.1, 0.15) is 34.3 Å². The van der Waals surface area contributed by atoms with Crippen LogP contribution in [-0.2, 0) is 11.3 Å². The van der Waals surface area contributed by atoms with E-state index in [-0.39, 0.29) is 24.3 Å².